The quantitative estimate of drug-likeness (QED) is 0.596. The zero-order valence-corrected chi connectivity index (χ0v) is 10.8. The summed E-state index contributed by atoms with van der Waals surface area (Å²) in [5.74, 6) is -0.162. The first-order chi connectivity index (χ1) is 9.06. The molecule has 2 aromatic carbocycles. The Labute approximate surface area is 115 Å². The van der Waals surface area contributed by atoms with Crippen LogP contribution in [0.15, 0.2) is 42.5 Å². The van der Waals surface area contributed by atoms with E-state index in [0.29, 0.717) is 21.8 Å². The molecule has 0 aliphatic rings. The van der Waals surface area contributed by atoms with Crippen molar-refractivity contribution in [3.8, 4) is 5.75 Å². The predicted octanol–water partition coefficient (Wildman–Crippen LogP) is 2.56. The SMILES string of the molecule is Nc1ccc(O)c(CNC(=O)c2cccc(Cl)c2)c1. The first-order valence-corrected chi connectivity index (χ1v) is 6.05. The number of carbonyl (C=O) groups is 1. The monoisotopic (exact) mass is 276 g/mol. The Bertz CT molecular complexity index is 614. The van der Waals surface area contributed by atoms with Crippen molar-refractivity contribution in [3.63, 3.8) is 0 Å². The number of carbonyl (C=O) groups excluding carboxylic acids is 1. The number of anilines is 1. The van der Waals surface area contributed by atoms with Crippen molar-refractivity contribution in [2.45, 2.75) is 6.54 Å². The van der Waals surface area contributed by atoms with E-state index in [1.807, 2.05) is 0 Å². The number of nitrogen functional groups attached to an aromatic ring is 1. The summed E-state index contributed by atoms with van der Waals surface area (Å²) in [5.41, 5.74) is 7.19. The smallest absolute Gasteiger partial charge is 0.251 e. The van der Waals surface area contributed by atoms with Crippen molar-refractivity contribution in [1.29, 1.82) is 0 Å². The maximum atomic E-state index is 11.9. The van der Waals surface area contributed by atoms with Crippen molar-refractivity contribution in [1.82, 2.24) is 5.32 Å². The first-order valence-electron chi connectivity index (χ1n) is 5.67. The minimum Gasteiger partial charge on any atom is -0.508 e. The van der Waals surface area contributed by atoms with Crippen LogP contribution in [-0.4, -0.2) is 11.0 Å². The fourth-order valence-electron chi connectivity index (χ4n) is 1.65. The van der Waals surface area contributed by atoms with Crippen LogP contribution in [0.1, 0.15) is 15.9 Å². The van der Waals surface area contributed by atoms with Crippen molar-refractivity contribution >= 4 is 23.2 Å². The van der Waals surface area contributed by atoms with Gasteiger partial charge in [-0.2, -0.15) is 0 Å². The molecule has 0 atom stereocenters. The number of hydrogen-bond donors (Lipinski definition) is 3. The zero-order chi connectivity index (χ0) is 13.8. The van der Waals surface area contributed by atoms with Crippen LogP contribution < -0.4 is 11.1 Å². The van der Waals surface area contributed by atoms with Gasteiger partial charge in [-0.05, 0) is 36.4 Å². The highest BCUT2D eigenvalue weighted by molar-refractivity contribution is 6.30. The number of hydrogen-bond acceptors (Lipinski definition) is 3. The van der Waals surface area contributed by atoms with Gasteiger partial charge < -0.3 is 16.2 Å². The second kappa shape index (κ2) is 5.63. The van der Waals surface area contributed by atoms with E-state index >= 15 is 0 Å². The Balaban J connectivity index is 2.06. The number of nitrogens with one attached hydrogen (secondary N) is 1. The number of nitrogens with two attached hydrogens (primary N) is 1. The minimum absolute atomic E-state index is 0.0978. The molecule has 0 aromatic heterocycles. The van der Waals surface area contributed by atoms with Crippen LogP contribution in [0.4, 0.5) is 5.69 Å². The number of halogens is 1. The fraction of sp³-hybridized carbons (Fsp3) is 0.0714. The van der Waals surface area contributed by atoms with Gasteiger partial charge >= 0.3 is 0 Å². The van der Waals surface area contributed by atoms with Crippen molar-refractivity contribution in [2.75, 3.05) is 5.73 Å². The second-order valence-corrected chi connectivity index (χ2v) is 4.52. The molecule has 0 saturated heterocycles. The lowest BCUT2D eigenvalue weighted by Gasteiger charge is -2.08. The molecule has 0 heterocycles. The maximum Gasteiger partial charge on any atom is 0.251 e. The zero-order valence-electron chi connectivity index (χ0n) is 10.1. The molecule has 0 bridgehead atoms. The number of phenols is 1. The van der Waals surface area contributed by atoms with Crippen LogP contribution in [0.3, 0.4) is 0 Å². The van der Waals surface area contributed by atoms with Crippen molar-refractivity contribution < 1.29 is 9.90 Å². The van der Waals surface area contributed by atoms with E-state index in [4.69, 9.17) is 17.3 Å². The van der Waals surface area contributed by atoms with Gasteiger partial charge in [0.25, 0.3) is 5.91 Å². The van der Waals surface area contributed by atoms with Crippen LogP contribution in [0, 0.1) is 0 Å². The maximum absolute atomic E-state index is 11.9. The number of amides is 1. The highest BCUT2D eigenvalue weighted by Crippen LogP contribution is 2.19. The lowest BCUT2D eigenvalue weighted by Crippen LogP contribution is -2.22. The summed E-state index contributed by atoms with van der Waals surface area (Å²) in [6.45, 7) is 0.197. The summed E-state index contributed by atoms with van der Waals surface area (Å²) in [5, 5.41) is 12.8. The van der Waals surface area contributed by atoms with E-state index in [-0.39, 0.29) is 18.2 Å². The molecule has 0 fully saturated rings. The fourth-order valence-corrected chi connectivity index (χ4v) is 1.84. The molecular formula is C14H13ClN2O2. The third-order valence-electron chi connectivity index (χ3n) is 2.63. The molecule has 0 aliphatic carbocycles. The van der Waals surface area contributed by atoms with E-state index in [1.54, 1.807) is 36.4 Å². The summed E-state index contributed by atoms with van der Waals surface area (Å²) in [4.78, 5) is 11.9. The van der Waals surface area contributed by atoms with E-state index in [2.05, 4.69) is 5.32 Å². The molecule has 0 saturated carbocycles. The highest BCUT2D eigenvalue weighted by Gasteiger charge is 2.07. The molecule has 4 nitrogen and oxygen atoms in total. The Morgan fingerprint density at radius 2 is 2.05 bits per heavy atom. The van der Waals surface area contributed by atoms with Crippen LogP contribution in [-0.2, 0) is 6.54 Å². The second-order valence-electron chi connectivity index (χ2n) is 4.08. The summed E-state index contributed by atoms with van der Waals surface area (Å²) >= 11 is 5.82. The number of rotatable bonds is 3. The van der Waals surface area contributed by atoms with Crippen LogP contribution in [0.2, 0.25) is 5.02 Å². The normalized spacial score (nSPS) is 10.2. The summed E-state index contributed by atoms with van der Waals surface area (Å²) < 4.78 is 0. The van der Waals surface area contributed by atoms with E-state index in [0.717, 1.165) is 0 Å². The van der Waals surface area contributed by atoms with E-state index in [9.17, 15) is 9.90 Å². The van der Waals surface area contributed by atoms with Gasteiger partial charge in [0, 0.05) is 28.4 Å². The Morgan fingerprint density at radius 1 is 1.26 bits per heavy atom. The number of benzene rings is 2. The van der Waals surface area contributed by atoms with E-state index in [1.165, 1.54) is 6.07 Å². The van der Waals surface area contributed by atoms with Crippen molar-refractivity contribution in [2.24, 2.45) is 0 Å². The lowest BCUT2D eigenvalue weighted by molar-refractivity contribution is 0.0951. The summed E-state index contributed by atoms with van der Waals surface area (Å²) in [6, 6.07) is 11.4. The van der Waals surface area contributed by atoms with Gasteiger partial charge in [0.05, 0.1) is 0 Å². The van der Waals surface area contributed by atoms with Gasteiger partial charge in [0.15, 0.2) is 0 Å². The topological polar surface area (TPSA) is 75.3 Å². The number of phenolic OH excluding ortho intramolecular Hbond substituents is 1. The molecule has 0 spiro atoms. The van der Waals surface area contributed by atoms with Gasteiger partial charge in [0.2, 0.25) is 0 Å². The Kier molecular flexibility index (Phi) is 3.92. The molecule has 2 rings (SSSR count). The molecule has 0 radical (unpaired) electrons. The average molecular weight is 277 g/mol. The van der Waals surface area contributed by atoms with Crippen LogP contribution in [0.25, 0.3) is 0 Å². The molecule has 19 heavy (non-hydrogen) atoms. The molecule has 1 amide bonds. The summed E-state index contributed by atoms with van der Waals surface area (Å²) in [6.07, 6.45) is 0. The average Bonchev–Trinajstić information content (AvgIpc) is 2.39. The Hall–Kier alpha value is -2.20. The Morgan fingerprint density at radius 3 is 2.79 bits per heavy atom. The molecule has 5 heteroatoms. The van der Waals surface area contributed by atoms with Gasteiger partial charge in [0.1, 0.15) is 5.75 Å². The molecule has 98 valence electrons. The van der Waals surface area contributed by atoms with Gasteiger partial charge in [-0.1, -0.05) is 17.7 Å². The summed E-state index contributed by atoms with van der Waals surface area (Å²) in [7, 11) is 0. The molecule has 2 aromatic rings. The van der Waals surface area contributed by atoms with Gasteiger partial charge in [-0.25, -0.2) is 0 Å². The van der Waals surface area contributed by atoms with Gasteiger partial charge in [-0.15, -0.1) is 0 Å². The molecule has 4 N–H and O–H groups in total. The van der Waals surface area contributed by atoms with Crippen molar-refractivity contribution in [3.05, 3.63) is 58.6 Å². The third kappa shape index (κ3) is 3.39. The van der Waals surface area contributed by atoms with E-state index < -0.39 is 0 Å². The van der Waals surface area contributed by atoms with Gasteiger partial charge in [-0.3, -0.25) is 4.79 Å². The standard InChI is InChI=1S/C14H13ClN2O2/c15-11-3-1-2-9(6-11)14(19)17-8-10-7-12(16)4-5-13(10)18/h1-7,18H,8,16H2,(H,17,19). The van der Waals surface area contributed by atoms with Crippen LogP contribution >= 0.6 is 11.6 Å². The van der Waals surface area contributed by atoms with Crippen LogP contribution in [0.5, 0.6) is 5.75 Å². The number of aromatic hydroxyl groups is 1. The minimum atomic E-state index is -0.260. The molecule has 0 unspecified atom stereocenters. The lowest BCUT2D eigenvalue weighted by atomic mass is 10.1. The molecular weight excluding hydrogens is 264 g/mol. The third-order valence-corrected chi connectivity index (χ3v) is 2.86. The first kappa shape index (κ1) is 13.2. The highest BCUT2D eigenvalue weighted by atomic mass is 35.5. The largest absolute Gasteiger partial charge is 0.508 e. The predicted molar refractivity (Wildman–Crippen MR) is 75.1 cm³/mol. The molecule has 0 aliphatic heterocycles.